The van der Waals surface area contributed by atoms with Crippen LogP contribution in [0.2, 0.25) is 0 Å². The molecule has 0 radical (unpaired) electrons. The lowest BCUT2D eigenvalue weighted by molar-refractivity contribution is -0.490. The summed E-state index contributed by atoms with van der Waals surface area (Å²) in [5.74, 6) is -1.94. The molecule has 13 N–H and O–H groups in total. The van der Waals surface area contributed by atoms with E-state index in [1.807, 2.05) is 4.90 Å². The van der Waals surface area contributed by atoms with E-state index in [4.69, 9.17) is 10.5 Å². The summed E-state index contributed by atoms with van der Waals surface area (Å²) in [4.78, 5) is 12.7. The average molecular weight is 305 g/mol. The third kappa shape index (κ3) is 2.02. The first-order chi connectivity index (χ1) is 9.78. The van der Waals surface area contributed by atoms with E-state index >= 15 is 0 Å². The molecular formula is C10H23N7O4+2. The van der Waals surface area contributed by atoms with E-state index in [1.54, 1.807) is 0 Å². The average Bonchev–Trinajstić information content (AvgIpc) is 2.85. The van der Waals surface area contributed by atoms with Gasteiger partial charge in [0.15, 0.2) is 24.0 Å². The number of aliphatic hydroxyl groups is 2. The minimum Gasteiger partial charge on any atom is -0.448 e. The van der Waals surface area contributed by atoms with Crippen LogP contribution in [0.4, 0.5) is 4.79 Å². The van der Waals surface area contributed by atoms with Crippen molar-refractivity contribution in [2.45, 2.75) is 42.5 Å². The van der Waals surface area contributed by atoms with E-state index in [0.29, 0.717) is 6.54 Å². The predicted molar refractivity (Wildman–Crippen MR) is 67.1 cm³/mol. The summed E-state index contributed by atoms with van der Waals surface area (Å²) in [5, 5.41) is 30.4. The normalized spacial score (nSPS) is 45.1. The van der Waals surface area contributed by atoms with Gasteiger partial charge in [0, 0.05) is 13.0 Å². The van der Waals surface area contributed by atoms with Gasteiger partial charge in [0.25, 0.3) is 0 Å². The van der Waals surface area contributed by atoms with Crippen LogP contribution in [-0.4, -0.2) is 70.5 Å². The fourth-order valence-corrected chi connectivity index (χ4v) is 3.79. The molecule has 3 heterocycles. The van der Waals surface area contributed by atoms with Crippen molar-refractivity contribution in [3.05, 3.63) is 0 Å². The molecule has 5 atom stereocenters. The van der Waals surface area contributed by atoms with Crippen molar-refractivity contribution < 1.29 is 31.2 Å². The van der Waals surface area contributed by atoms with Gasteiger partial charge in [-0.1, -0.05) is 0 Å². The maximum absolute atomic E-state index is 10.8. The number of amides is 1. The Bertz CT molecular complexity index is 449. The van der Waals surface area contributed by atoms with Gasteiger partial charge in [-0.05, 0) is 0 Å². The molecule has 3 saturated heterocycles. The Balaban J connectivity index is 1.93. The van der Waals surface area contributed by atoms with Crippen LogP contribution in [0.15, 0.2) is 0 Å². The number of carbonyl (C=O) groups is 1. The van der Waals surface area contributed by atoms with Crippen LogP contribution in [0.5, 0.6) is 0 Å². The van der Waals surface area contributed by atoms with Gasteiger partial charge in [-0.15, -0.1) is 0 Å². The summed E-state index contributed by atoms with van der Waals surface area (Å²) in [5.41, 5.74) is 11.8. The molecule has 0 aliphatic carbocycles. The molecule has 11 heteroatoms. The van der Waals surface area contributed by atoms with Crippen LogP contribution < -0.4 is 33.2 Å². The van der Waals surface area contributed by atoms with E-state index in [9.17, 15) is 15.0 Å². The summed E-state index contributed by atoms with van der Waals surface area (Å²) >= 11 is 0. The van der Waals surface area contributed by atoms with Crippen LogP contribution in [0.1, 0.15) is 6.42 Å². The lowest BCUT2D eigenvalue weighted by atomic mass is 9.86. The highest BCUT2D eigenvalue weighted by molar-refractivity contribution is 5.64. The minimum absolute atomic E-state index is 0.000903. The molecule has 120 valence electrons. The molecule has 3 fully saturated rings. The van der Waals surface area contributed by atoms with Crippen LogP contribution in [0, 0.1) is 0 Å². The summed E-state index contributed by atoms with van der Waals surface area (Å²) in [6.07, 6.45) is -1.44. The number of nitrogens with zero attached hydrogens (tertiary/aromatic N) is 1. The number of hydrogen-bond acceptors (Lipinski definition) is 8. The Labute approximate surface area is 120 Å². The highest BCUT2D eigenvalue weighted by Gasteiger charge is 2.72. The molecule has 11 nitrogen and oxygen atoms in total. The summed E-state index contributed by atoms with van der Waals surface area (Å²) < 4.78 is 4.87. The van der Waals surface area contributed by atoms with Crippen molar-refractivity contribution in [1.29, 1.82) is 0 Å². The van der Waals surface area contributed by atoms with E-state index in [0.717, 1.165) is 0 Å². The monoisotopic (exact) mass is 305 g/mol. The molecule has 2 unspecified atom stereocenters. The molecule has 1 spiro atoms. The first kappa shape index (κ1) is 14.9. The van der Waals surface area contributed by atoms with Crippen molar-refractivity contribution in [3.8, 4) is 0 Å². The van der Waals surface area contributed by atoms with Gasteiger partial charge in [-0.3, -0.25) is 0 Å². The molecule has 3 rings (SSSR count). The van der Waals surface area contributed by atoms with Crippen LogP contribution in [-0.2, 0) is 4.74 Å². The Morgan fingerprint density at radius 1 is 1.43 bits per heavy atom. The number of nitrogens with two attached hydrogens (primary N) is 1. The molecule has 0 aromatic heterocycles. The molecule has 3 aliphatic rings. The molecule has 0 saturated carbocycles. The van der Waals surface area contributed by atoms with Crippen molar-refractivity contribution in [2.75, 3.05) is 13.2 Å². The second-order valence-electron chi connectivity index (χ2n) is 5.79. The highest BCUT2D eigenvalue weighted by atomic mass is 16.5. The number of carbonyl (C=O) groups excluding carboxylic acids is 1. The van der Waals surface area contributed by atoms with Crippen LogP contribution in [0.3, 0.4) is 0 Å². The van der Waals surface area contributed by atoms with Crippen LogP contribution >= 0.6 is 0 Å². The zero-order valence-corrected chi connectivity index (χ0v) is 11.6. The Hall–Kier alpha value is -1.05. The Morgan fingerprint density at radius 3 is 2.81 bits per heavy atom. The van der Waals surface area contributed by atoms with Gasteiger partial charge in [0.05, 0.1) is 12.1 Å². The van der Waals surface area contributed by atoms with Crippen LogP contribution in [0.25, 0.3) is 0 Å². The number of hydrogen-bond donors (Lipinski definition) is 8. The van der Waals surface area contributed by atoms with Gasteiger partial charge in [-0.2, -0.15) is 0 Å². The van der Waals surface area contributed by atoms with Gasteiger partial charge in [-0.25, -0.2) is 25.6 Å². The number of primary amides is 1. The zero-order valence-electron chi connectivity index (χ0n) is 11.6. The maximum atomic E-state index is 10.8. The van der Waals surface area contributed by atoms with Crippen molar-refractivity contribution in [1.82, 2.24) is 20.9 Å². The summed E-state index contributed by atoms with van der Waals surface area (Å²) in [6.45, 7) is 0.467. The largest absolute Gasteiger partial charge is 0.448 e. The van der Waals surface area contributed by atoms with E-state index < -0.39 is 23.6 Å². The standard InChI is InChI=1S/C10H21N7O4/c11-6-15-5-4(3-21-8(13)18)14-7(12)17-2-1-9(19,20)10(5,17)16-6/h4-7,14-16,19-20H,1-3,11-12H2,(H2,13,18)/p+2/t4-,5+,6?,7?,10-/m0/s1. The molecule has 0 aromatic carbocycles. The third-order valence-corrected chi connectivity index (χ3v) is 4.58. The second kappa shape index (κ2) is 4.72. The van der Waals surface area contributed by atoms with Crippen molar-refractivity contribution >= 4 is 6.09 Å². The highest BCUT2D eigenvalue weighted by Crippen LogP contribution is 2.42. The first-order valence-electron chi connectivity index (χ1n) is 6.87. The molecule has 1 amide bonds. The first-order valence-corrected chi connectivity index (χ1v) is 6.87. The fourth-order valence-electron chi connectivity index (χ4n) is 3.79. The lowest BCUT2D eigenvalue weighted by Gasteiger charge is -2.51. The van der Waals surface area contributed by atoms with Crippen molar-refractivity contribution in [3.63, 3.8) is 0 Å². The number of nitrogens with one attached hydrogen (secondary N) is 3. The number of ether oxygens (including phenoxy) is 1. The van der Waals surface area contributed by atoms with Gasteiger partial charge >= 0.3 is 6.09 Å². The van der Waals surface area contributed by atoms with Gasteiger partial charge < -0.3 is 32.2 Å². The van der Waals surface area contributed by atoms with E-state index in [2.05, 4.69) is 27.4 Å². The predicted octanol–water partition coefficient (Wildman–Crippen LogP) is -6.25. The SMILES string of the molecule is NC(=O)OC[C@@H]1NC([NH3+])N2CCC(O)(O)[C@@]23NC([NH3+])N[C@H]13. The summed E-state index contributed by atoms with van der Waals surface area (Å²) in [7, 11) is 0. The smallest absolute Gasteiger partial charge is 0.404 e. The second-order valence-corrected chi connectivity index (χ2v) is 5.79. The van der Waals surface area contributed by atoms with Gasteiger partial charge in [0.2, 0.25) is 0 Å². The molecular weight excluding hydrogens is 282 g/mol. The number of quaternary nitrogens is 2. The molecule has 0 bridgehead atoms. The van der Waals surface area contributed by atoms with Gasteiger partial charge in [0.1, 0.15) is 6.61 Å². The van der Waals surface area contributed by atoms with Crippen molar-refractivity contribution in [2.24, 2.45) is 5.73 Å². The molecule has 21 heavy (non-hydrogen) atoms. The third-order valence-electron chi connectivity index (χ3n) is 4.58. The summed E-state index contributed by atoms with van der Waals surface area (Å²) in [6, 6.07) is -0.817. The fraction of sp³-hybridized carbons (Fsp3) is 0.900. The lowest BCUT2D eigenvalue weighted by Crippen LogP contribution is -2.90. The maximum Gasteiger partial charge on any atom is 0.404 e. The zero-order chi connectivity index (χ0) is 15.4. The Kier molecular flexibility index (Phi) is 3.35. The molecule has 3 aliphatic heterocycles. The quantitative estimate of drug-likeness (QED) is 0.231. The minimum atomic E-state index is -1.94. The van der Waals surface area contributed by atoms with E-state index in [-0.39, 0.29) is 31.6 Å². The van der Waals surface area contributed by atoms with E-state index in [1.165, 1.54) is 0 Å². The Morgan fingerprint density at radius 2 is 2.14 bits per heavy atom. The number of rotatable bonds is 2. The topological polar surface area (TPSA) is 187 Å². The molecule has 0 aromatic rings.